The van der Waals surface area contributed by atoms with Gasteiger partial charge in [0, 0.05) is 45.8 Å². The Hall–Kier alpha value is -1.66. The summed E-state index contributed by atoms with van der Waals surface area (Å²) in [5.41, 5.74) is 0. The minimum absolute atomic E-state index is 0.281. The molecule has 1 amide bonds. The first-order valence-electron chi connectivity index (χ1n) is 9.82. The van der Waals surface area contributed by atoms with Gasteiger partial charge in [0.2, 0.25) is 5.91 Å². The molecule has 0 aromatic heterocycles. The number of amides is 1. The van der Waals surface area contributed by atoms with Gasteiger partial charge < -0.3 is 9.64 Å². The molecule has 144 valence electrons. The standard InChI is InChI=1S/C20H30FN3O2/c21-18-7-3-4-8-19(18)26-16-15-22-11-13-23(14-12-22)17-20(25)24-9-5-1-2-6-10-24/h3-4,7-8H,1-2,5-6,9-17H2. The molecule has 0 bridgehead atoms. The van der Waals surface area contributed by atoms with Gasteiger partial charge in [-0.3, -0.25) is 14.6 Å². The zero-order valence-corrected chi connectivity index (χ0v) is 15.5. The first-order chi connectivity index (χ1) is 12.7. The molecule has 0 aliphatic carbocycles. The van der Waals surface area contributed by atoms with E-state index in [2.05, 4.69) is 9.80 Å². The summed E-state index contributed by atoms with van der Waals surface area (Å²) < 4.78 is 19.1. The topological polar surface area (TPSA) is 36.0 Å². The van der Waals surface area contributed by atoms with Gasteiger partial charge in [-0.2, -0.15) is 0 Å². The highest BCUT2D eigenvalue weighted by Gasteiger charge is 2.22. The molecule has 0 N–H and O–H groups in total. The third kappa shape index (κ3) is 5.68. The fraction of sp³-hybridized carbons (Fsp3) is 0.650. The second-order valence-corrected chi connectivity index (χ2v) is 7.19. The van der Waals surface area contributed by atoms with Crippen LogP contribution in [0.2, 0.25) is 0 Å². The van der Waals surface area contributed by atoms with Crippen molar-refractivity contribution in [2.24, 2.45) is 0 Å². The number of carbonyl (C=O) groups is 1. The lowest BCUT2D eigenvalue weighted by Gasteiger charge is -2.35. The summed E-state index contributed by atoms with van der Waals surface area (Å²) in [4.78, 5) is 19.1. The van der Waals surface area contributed by atoms with Gasteiger partial charge in [0.15, 0.2) is 11.6 Å². The minimum atomic E-state index is -0.315. The van der Waals surface area contributed by atoms with Gasteiger partial charge >= 0.3 is 0 Å². The molecular weight excluding hydrogens is 333 g/mol. The number of benzene rings is 1. The zero-order valence-electron chi connectivity index (χ0n) is 15.5. The number of para-hydroxylation sites is 1. The van der Waals surface area contributed by atoms with Crippen molar-refractivity contribution >= 4 is 5.91 Å². The van der Waals surface area contributed by atoms with Crippen molar-refractivity contribution in [3.8, 4) is 5.75 Å². The molecule has 0 atom stereocenters. The largest absolute Gasteiger partial charge is 0.489 e. The number of rotatable bonds is 6. The van der Waals surface area contributed by atoms with E-state index in [1.54, 1.807) is 18.2 Å². The van der Waals surface area contributed by atoms with E-state index in [-0.39, 0.29) is 11.7 Å². The Balaban J connectivity index is 1.33. The highest BCUT2D eigenvalue weighted by atomic mass is 19.1. The van der Waals surface area contributed by atoms with Crippen molar-refractivity contribution in [2.45, 2.75) is 25.7 Å². The minimum Gasteiger partial charge on any atom is -0.489 e. The van der Waals surface area contributed by atoms with Crippen LogP contribution in [0.5, 0.6) is 5.75 Å². The predicted molar refractivity (Wildman–Crippen MR) is 99.8 cm³/mol. The van der Waals surface area contributed by atoms with Crippen LogP contribution in [-0.2, 0) is 4.79 Å². The van der Waals surface area contributed by atoms with Crippen molar-refractivity contribution in [3.05, 3.63) is 30.1 Å². The first-order valence-corrected chi connectivity index (χ1v) is 9.82. The Morgan fingerprint density at radius 3 is 2.27 bits per heavy atom. The second kappa shape index (κ2) is 9.88. The maximum Gasteiger partial charge on any atom is 0.236 e. The zero-order chi connectivity index (χ0) is 18.2. The molecule has 2 heterocycles. The van der Waals surface area contributed by atoms with Crippen molar-refractivity contribution in [1.29, 1.82) is 0 Å². The lowest BCUT2D eigenvalue weighted by Crippen LogP contribution is -2.50. The van der Waals surface area contributed by atoms with Crippen molar-refractivity contribution in [1.82, 2.24) is 14.7 Å². The Morgan fingerprint density at radius 1 is 0.923 bits per heavy atom. The average molecular weight is 363 g/mol. The smallest absolute Gasteiger partial charge is 0.236 e. The number of carbonyl (C=O) groups excluding carboxylic acids is 1. The maximum atomic E-state index is 13.5. The van der Waals surface area contributed by atoms with Crippen LogP contribution in [0.3, 0.4) is 0 Å². The lowest BCUT2D eigenvalue weighted by molar-refractivity contribution is -0.132. The monoisotopic (exact) mass is 363 g/mol. The van der Waals surface area contributed by atoms with Crippen LogP contribution in [0, 0.1) is 5.82 Å². The van der Waals surface area contributed by atoms with Gasteiger partial charge in [-0.1, -0.05) is 25.0 Å². The van der Waals surface area contributed by atoms with Crippen LogP contribution >= 0.6 is 0 Å². The van der Waals surface area contributed by atoms with Crippen molar-refractivity contribution in [3.63, 3.8) is 0 Å². The number of piperazine rings is 1. The molecule has 1 aromatic carbocycles. The van der Waals surface area contributed by atoms with Crippen LogP contribution in [-0.4, -0.2) is 79.6 Å². The Morgan fingerprint density at radius 2 is 1.58 bits per heavy atom. The molecule has 0 radical (unpaired) electrons. The highest BCUT2D eigenvalue weighted by Crippen LogP contribution is 2.15. The number of hydrogen-bond donors (Lipinski definition) is 0. The Labute approximate surface area is 155 Å². The van der Waals surface area contributed by atoms with Crippen LogP contribution in [0.25, 0.3) is 0 Å². The number of nitrogens with zero attached hydrogens (tertiary/aromatic N) is 3. The molecule has 26 heavy (non-hydrogen) atoms. The molecule has 2 fully saturated rings. The average Bonchev–Trinajstić information content (AvgIpc) is 2.94. The third-order valence-electron chi connectivity index (χ3n) is 5.28. The van der Waals surface area contributed by atoms with Gasteiger partial charge in [0.1, 0.15) is 6.61 Å². The van der Waals surface area contributed by atoms with Crippen LogP contribution in [0.15, 0.2) is 24.3 Å². The normalized spacial score (nSPS) is 20.0. The summed E-state index contributed by atoms with van der Waals surface area (Å²) in [6, 6.07) is 6.50. The molecule has 3 rings (SSSR count). The van der Waals surface area contributed by atoms with Gasteiger partial charge in [-0.25, -0.2) is 4.39 Å². The fourth-order valence-electron chi connectivity index (χ4n) is 3.63. The lowest BCUT2D eigenvalue weighted by atomic mass is 10.2. The van der Waals surface area contributed by atoms with Gasteiger partial charge in [-0.15, -0.1) is 0 Å². The van der Waals surface area contributed by atoms with E-state index in [4.69, 9.17) is 4.74 Å². The summed E-state index contributed by atoms with van der Waals surface area (Å²) in [5, 5.41) is 0. The molecule has 2 saturated heterocycles. The van der Waals surface area contributed by atoms with E-state index in [0.29, 0.717) is 18.9 Å². The van der Waals surface area contributed by atoms with Crippen molar-refractivity contribution in [2.75, 3.05) is 59.0 Å². The molecule has 6 heteroatoms. The van der Waals surface area contributed by atoms with E-state index in [9.17, 15) is 9.18 Å². The SMILES string of the molecule is O=C(CN1CCN(CCOc2ccccc2F)CC1)N1CCCCCC1. The fourth-order valence-corrected chi connectivity index (χ4v) is 3.63. The summed E-state index contributed by atoms with van der Waals surface area (Å²) in [5.74, 6) is 0.279. The summed E-state index contributed by atoms with van der Waals surface area (Å²) in [7, 11) is 0. The summed E-state index contributed by atoms with van der Waals surface area (Å²) >= 11 is 0. The summed E-state index contributed by atoms with van der Waals surface area (Å²) in [6.45, 7) is 7.30. The van der Waals surface area contributed by atoms with Gasteiger partial charge in [-0.05, 0) is 25.0 Å². The summed E-state index contributed by atoms with van der Waals surface area (Å²) in [6.07, 6.45) is 4.78. The molecule has 5 nitrogen and oxygen atoms in total. The van der Waals surface area contributed by atoms with E-state index in [1.807, 2.05) is 4.90 Å². The van der Waals surface area contributed by atoms with Gasteiger partial charge in [0.05, 0.1) is 6.54 Å². The molecule has 0 unspecified atom stereocenters. The molecule has 1 aromatic rings. The van der Waals surface area contributed by atoms with Crippen LogP contribution in [0.4, 0.5) is 4.39 Å². The second-order valence-electron chi connectivity index (χ2n) is 7.19. The van der Waals surface area contributed by atoms with E-state index in [0.717, 1.165) is 58.7 Å². The van der Waals surface area contributed by atoms with E-state index >= 15 is 0 Å². The van der Waals surface area contributed by atoms with Gasteiger partial charge in [0.25, 0.3) is 0 Å². The number of likely N-dealkylation sites (tertiary alicyclic amines) is 1. The number of ether oxygens (including phenoxy) is 1. The first kappa shape index (κ1) is 19.1. The maximum absolute atomic E-state index is 13.5. The van der Waals surface area contributed by atoms with E-state index < -0.39 is 0 Å². The van der Waals surface area contributed by atoms with Crippen molar-refractivity contribution < 1.29 is 13.9 Å². The van der Waals surface area contributed by atoms with E-state index in [1.165, 1.54) is 18.9 Å². The molecule has 0 spiro atoms. The molecule has 0 saturated carbocycles. The molecular formula is C20H30FN3O2. The Bertz CT molecular complexity index is 568. The third-order valence-corrected chi connectivity index (χ3v) is 5.28. The molecule has 2 aliphatic rings. The highest BCUT2D eigenvalue weighted by molar-refractivity contribution is 5.78. The van der Waals surface area contributed by atoms with Crippen LogP contribution in [0.1, 0.15) is 25.7 Å². The number of hydrogen-bond acceptors (Lipinski definition) is 4. The Kier molecular flexibility index (Phi) is 7.26. The molecule has 2 aliphatic heterocycles. The predicted octanol–water partition coefficient (Wildman–Crippen LogP) is 2.22. The number of halogens is 1. The van der Waals surface area contributed by atoms with Crippen LogP contribution < -0.4 is 4.74 Å². The quantitative estimate of drug-likeness (QED) is 0.777.